The molecule has 0 N–H and O–H groups in total. The van der Waals surface area contributed by atoms with Crippen LogP contribution in [-0.4, -0.2) is 107 Å². The number of nitrogens with zero attached hydrogens (tertiary/aromatic N) is 3. The van der Waals surface area contributed by atoms with Gasteiger partial charge in [-0.3, -0.25) is 9.69 Å². The first-order valence-corrected chi connectivity index (χ1v) is 15.1. The average molecular weight is 664 g/mol. The molecule has 2 aromatic carbocycles. The summed E-state index contributed by atoms with van der Waals surface area (Å²) in [6, 6.07) is 4.52. The maximum absolute atomic E-state index is 14.1. The Hall–Kier alpha value is -2.94. The fourth-order valence-electron chi connectivity index (χ4n) is 6.52. The number of likely N-dealkylation sites (tertiary alicyclic amines) is 1. The van der Waals surface area contributed by atoms with Crippen LogP contribution in [0.15, 0.2) is 36.4 Å². The highest BCUT2D eigenvalue weighted by atomic mass is 19.4. The molecular formula is C32H40F7N3O4. The molecule has 0 aliphatic carbocycles. The van der Waals surface area contributed by atoms with E-state index in [4.69, 9.17) is 14.2 Å². The van der Waals surface area contributed by atoms with Crippen molar-refractivity contribution in [2.45, 2.75) is 31.2 Å². The van der Waals surface area contributed by atoms with Crippen molar-refractivity contribution in [2.24, 2.45) is 11.8 Å². The molecule has 2 aliphatic rings. The predicted molar refractivity (Wildman–Crippen MR) is 156 cm³/mol. The summed E-state index contributed by atoms with van der Waals surface area (Å²) in [5, 5.41) is 0. The number of alkyl halides is 6. The highest BCUT2D eigenvalue weighted by Gasteiger charge is 2.39. The number of carbonyl (C=O) groups excluding carboxylic acids is 1. The molecule has 0 bridgehead atoms. The van der Waals surface area contributed by atoms with Crippen LogP contribution in [-0.2, 0) is 28.2 Å². The average Bonchev–Trinajstić information content (AvgIpc) is 3.00. The molecule has 2 heterocycles. The summed E-state index contributed by atoms with van der Waals surface area (Å²) in [6.45, 7) is 5.08. The lowest BCUT2D eigenvalue weighted by Gasteiger charge is -2.43. The molecule has 2 saturated heterocycles. The Morgan fingerprint density at radius 2 is 1.39 bits per heavy atom. The van der Waals surface area contributed by atoms with Gasteiger partial charge in [-0.2, -0.15) is 26.3 Å². The fraction of sp³-hybridized carbons (Fsp3) is 0.594. The molecule has 46 heavy (non-hydrogen) atoms. The highest BCUT2D eigenvalue weighted by Crippen LogP contribution is 2.37. The van der Waals surface area contributed by atoms with Crippen LogP contribution in [0.5, 0.6) is 5.75 Å². The topological polar surface area (TPSA) is 54.5 Å². The SMILES string of the molecule is COC[C@@H]1C[C@H](COC)CN(CCN2CCN(C(=O)c3cc(C(F)(F)F)cc(C(F)(F)F)c3)[C@H](Cc3ccc(F)c(OC)c3)C2)C1. The number of rotatable bonds is 11. The summed E-state index contributed by atoms with van der Waals surface area (Å²) in [4.78, 5) is 19.5. The summed E-state index contributed by atoms with van der Waals surface area (Å²) < 4.78 is 111. The van der Waals surface area contributed by atoms with Crippen molar-refractivity contribution in [2.75, 3.05) is 80.4 Å². The molecule has 14 heteroatoms. The van der Waals surface area contributed by atoms with E-state index in [9.17, 15) is 35.5 Å². The first kappa shape index (κ1) is 35.9. The Bertz CT molecular complexity index is 1280. The number of hydrogen-bond acceptors (Lipinski definition) is 6. The number of piperidine rings is 1. The van der Waals surface area contributed by atoms with E-state index in [1.54, 1.807) is 14.2 Å². The number of halogens is 7. The summed E-state index contributed by atoms with van der Waals surface area (Å²) in [5.74, 6) is -0.839. The number of amides is 1. The van der Waals surface area contributed by atoms with E-state index in [2.05, 4.69) is 9.80 Å². The van der Waals surface area contributed by atoms with Crippen LogP contribution in [0.1, 0.15) is 33.5 Å². The number of methoxy groups -OCH3 is 3. The second kappa shape index (κ2) is 15.3. The molecule has 0 radical (unpaired) electrons. The Kier molecular flexibility index (Phi) is 11.9. The molecule has 7 nitrogen and oxygen atoms in total. The zero-order valence-electron chi connectivity index (χ0n) is 26.1. The van der Waals surface area contributed by atoms with Gasteiger partial charge >= 0.3 is 12.4 Å². The molecule has 0 unspecified atom stereocenters. The van der Waals surface area contributed by atoms with Crippen LogP contribution < -0.4 is 4.74 Å². The number of piperazine rings is 1. The number of ether oxygens (including phenoxy) is 3. The van der Waals surface area contributed by atoms with Gasteiger partial charge in [-0.15, -0.1) is 0 Å². The van der Waals surface area contributed by atoms with E-state index >= 15 is 0 Å². The third-order valence-corrected chi connectivity index (χ3v) is 8.59. The molecule has 3 atom stereocenters. The molecular weight excluding hydrogens is 623 g/mol. The Morgan fingerprint density at radius 3 is 1.93 bits per heavy atom. The predicted octanol–water partition coefficient (Wildman–Crippen LogP) is 5.47. The molecule has 0 saturated carbocycles. The van der Waals surface area contributed by atoms with Crippen LogP contribution >= 0.6 is 0 Å². The van der Waals surface area contributed by atoms with Gasteiger partial charge in [-0.25, -0.2) is 4.39 Å². The summed E-state index contributed by atoms with van der Waals surface area (Å²) >= 11 is 0. The Labute approximate surface area is 264 Å². The lowest BCUT2D eigenvalue weighted by Crippen LogP contribution is -2.57. The van der Waals surface area contributed by atoms with Crippen molar-refractivity contribution in [3.63, 3.8) is 0 Å². The first-order valence-electron chi connectivity index (χ1n) is 15.1. The molecule has 0 aromatic heterocycles. The van der Waals surface area contributed by atoms with Crippen molar-refractivity contribution in [3.8, 4) is 5.75 Å². The lowest BCUT2D eigenvalue weighted by molar-refractivity contribution is -0.143. The van der Waals surface area contributed by atoms with Gasteiger partial charge in [0.1, 0.15) is 0 Å². The molecule has 0 spiro atoms. The minimum Gasteiger partial charge on any atom is -0.494 e. The van der Waals surface area contributed by atoms with Crippen molar-refractivity contribution >= 4 is 5.91 Å². The van der Waals surface area contributed by atoms with E-state index in [0.29, 0.717) is 68.9 Å². The maximum Gasteiger partial charge on any atom is 0.416 e. The maximum atomic E-state index is 14.1. The first-order chi connectivity index (χ1) is 21.7. The van der Waals surface area contributed by atoms with Crippen LogP contribution in [0, 0.1) is 17.7 Å². The van der Waals surface area contributed by atoms with Crippen LogP contribution in [0.4, 0.5) is 30.7 Å². The quantitative estimate of drug-likeness (QED) is 0.298. The summed E-state index contributed by atoms with van der Waals surface area (Å²) in [6.07, 6.45) is -9.00. The summed E-state index contributed by atoms with van der Waals surface area (Å²) in [7, 11) is 4.65. The van der Waals surface area contributed by atoms with Crippen molar-refractivity contribution in [1.82, 2.24) is 14.7 Å². The largest absolute Gasteiger partial charge is 0.494 e. The summed E-state index contributed by atoms with van der Waals surface area (Å²) in [5.41, 5.74) is -3.20. The lowest BCUT2D eigenvalue weighted by atomic mass is 9.90. The molecule has 2 fully saturated rings. The van der Waals surface area contributed by atoms with Gasteiger partial charge < -0.3 is 24.0 Å². The van der Waals surface area contributed by atoms with Crippen LogP contribution in [0.3, 0.4) is 0 Å². The van der Waals surface area contributed by atoms with Gasteiger partial charge in [0.2, 0.25) is 0 Å². The Morgan fingerprint density at radius 1 is 0.804 bits per heavy atom. The number of benzene rings is 2. The second-order valence-corrected chi connectivity index (χ2v) is 12.1. The van der Waals surface area contributed by atoms with E-state index in [1.807, 2.05) is 0 Å². The van der Waals surface area contributed by atoms with Gasteiger partial charge in [0.25, 0.3) is 5.91 Å². The molecule has 2 aromatic rings. The molecule has 256 valence electrons. The van der Waals surface area contributed by atoms with E-state index in [1.165, 1.54) is 30.2 Å². The van der Waals surface area contributed by atoms with E-state index < -0.39 is 46.8 Å². The standard InChI is InChI=1S/C32H40F7N3O4/c1-44-19-22-10-23(20-45-2)17-41(16-22)7-6-40-8-9-42(27(18-40)11-21-4-5-28(33)29(12-21)46-3)30(43)24-13-25(31(34,35)36)15-26(14-24)32(37,38)39/h4-5,12-15,22-23,27H,6-11,16-20H2,1-3H3/t22-,23+,27-/m1/s1. The minimum absolute atomic E-state index is 0.00592. The van der Waals surface area contributed by atoms with E-state index in [0.717, 1.165) is 19.5 Å². The van der Waals surface area contributed by atoms with Crippen LogP contribution in [0.25, 0.3) is 0 Å². The van der Waals surface area contributed by atoms with Crippen LogP contribution in [0.2, 0.25) is 0 Å². The smallest absolute Gasteiger partial charge is 0.416 e. The third kappa shape index (κ3) is 9.33. The fourth-order valence-corrected chi connectivity index (χ4v) is 6.52. The minimum atomic E-state index is -5.09. The van der Waals surface area contributed by atoms with Gasteiger partial charge in [0, 0.05) is 71.6 Å². The number of carbonyl (C=O) groups is 1. The molecule has 2 aliphatic heterocycles. The van der Waals surface area contributed by atoms with Crippen molar-refractivity contribution < 1.29 is 49.7 Å². The highest BCUT2D eigenvalue weighted by molar-refractivity contribution is 5.95. The van der Waals surface area contributed by atoms with Gasteiger partial charge in [-0.1, -0.05) is 6.07 Å². The van der Waals surface area contributed by atoms with E-state index in [-0.39, 0.29) is 24.8 Å². The van der Waals surface area contributed by atoms with Gasteiger partial charge in [-0.05, 0) is 60.6 Å². The zero-order valence-corrected chi connectivity index (χ0v) is 26.1. The van der Waals surface area contributed by atoms with Gasteiger partial charge in [0.15, 0.2) is 11.6 Å². The normalized spacial score (nSPS) is 21.9. The third-order valence-electron chi connectivity index (χ3n) is 8.59. The van der Waals surface area contributed by atoms with Crippen molar-refractivity contribution in [1.29, 1.82) is 0 Å². The van der Waals surface area contributed by atoms with Crippen molar-refractivity contribution in [3.05, 3.63) is 64.5 Å². The second-order valence-electron chi connectivity index (χ2n) is 12.1. The molecule has 4 rings (SSSR count). The van der Waals surface area contributed by atoms with Gasteiger partial charge in [0.05, 0.1) is 31.5 Å². The zero-order chi connectivity index (χ0) is 33.6. The monoisotopic (exact) mass is 663 g/mol. The molecule has 1 amide bonds. The Balaban J connectivity index is 1.57. The number of hydrogen-bond donors (Lipinski definition) is 0.